The zero-order chi connectivity index (χ0) is 21.7. The summed E-state index contributed by atoms with van der Waals surface area (Å²) in [7, 11) is 7.04. The van der Waals surface area contributed by atoms with Crippen LogP contribution in [0.25, 0.3) is 0 Å². The summed E-state index contributed by atoms with van der Waals surface area (Å²) in [6.07, 6.45) is 1.45. The maximum Gasteiger partial charge on any atom is 0.253 e. The molecule has 30 heavy (non-hydrogen) atoms. The number of amides is 2. The zero-order valence-electron chi connectivity index (χ0n) is 18.0. The van der Waals surface area contributed by atoms with Gasteiger partial charge in [0.25, 0.3) is 11.8 Å². The third-order valence-electron chi connectivity index (χ3n) is 5.39. The van der Waals surface area contributed by atoms with E-state index >= 15 is 0 Å². The Morgan fingerprint density at radius 1 is 0.933 bits per heavy atom. The molecule has 1 fully saturated rings. The largest absolute Gasteiger partial charge is 0.493 e. The van der Waals surface area contributed by atoms with Crippen LogP contribution in [0.1, 0.15) is 33.6 Å². The van der Waals surface area contributed by atoms with Crippen molar-refractivity contribution in [2.45, 2.75) is 18.9 Å². The van der Waals surface area contributed by atoms with Crippen molar-refractivity contribution in [1.29, 1.82) is 0 Å². The minimum atomic E-state index is -0.153. The molecule has 0 saturated carbocycles. The highest BCUT2D eigenvalue weighted by molar-refractivity contribution is 5.95. The highest BCUT2D eigenvalue weighted by Gasteiger charge is 2.25. The second-order valence-corrected chi connectivity index (χ2v) is 7.55. The minimum absolute atomic E-state index is 0.0324. The normalized spacial score (nSPS) is 14.2. The molecule has 3 rings (SSSR count). The number of hydrogen-bond donors (Lipinski definition) is 1. The number of piperidine rings is 1. The number of carbonyl (C=O) groups is 2. The molecule has 2 aromatic rings. The number of likely N-dealkylation sites (tertiary alicyclic amines) is 1. The molecule has 0 unspecified atom stereocenters. The first-order chi connectivity index (χ1) is 14.4. The van der Waals surface area contributed by atoms with Crippen LogP contribution in [0, 0.1) is 0 Å². The number of methoxy groups -OCH3 is 2. The van der Waals surface area contributed by atoms with Gasteiger partial charge < -0.3 is 24.6 Å². The average Bonchev–Trinajstić information content (AvgIpc) is 2.78. The molecule has 7 nitrogen and oxygen atoms in total. The van der Waals surface area contributed by atoms with Crippen LogP contribution in [0.4, 0.5) is 5.69 Å². The first-order valence-electron chi connectivity index (χ1n) is 10.0. The van der Waals surface area contributed by atoms with E-state index < -0.39 is 0 Å². The summed E-state index contributed by atoms with van der Waals surface area (Å²) >= 11 is 0. The third kappa shape index (κ3) is 4.84. The van der Waals surface area contributed by atoms with E-state index in [2.05, 4.69) is 5.32 Å². The van der Waals surface area contributed by atoms with Crippen molar-refractivity contribution < 1.29 is 19.1 Å². The van der Waals surface area contributed by atoms with Gasteiger partial charge in [0.05, 0.1) is 14.2 Å². The Balaban J connectivity index is 1.55. The van der Waals surface area contributed by atoms with Gasteiger partial charge in [-0.05, 0) is 55.3 Å². The molecule has 0 aliphatic carbocycles. The van der Waals surface area contributed by atoms with Gasteiger partial charge in [-0.25, -0.2) is 0 Å². The smallest absolute Gasteiger partial charge is 0.253 e. The second kappa shape index (κ2) is 9.52. The van der Waals surface area contributed by atoms with Gasteiger partial charge in [-0.3, -0.25) is 9.59 Å². The highest BCUT2D eigenvalue weighted by atomic mass is 16.5. The van der Waals surface area contributed by atoms with Gasteiger partial charge in [0, 0.05) is 50.0 Å². The average molecular weight is 412 g/mol. The molecule has 160 valence electrons. The number of carbonyl (C=O) groups excluding carboxylic acids is 2. The van der Waals surface area contributed by atoms with E-state index in [9.17, 15) is 9.59 Å². The number of rotatable bonds is 6. The molecular weight excluding hydrogens is 382 g/mol. The standard InChI is InChI=1S/C23H29N3O4/c1-25(2)19-8-5-16(6-9-19)23(28)26-13-11-18(12-14-26)24-22(27)17-7-10-20(29-3)21(15-17)30-4/h5-10,15,18H,11-14H2,1-4H3,(H,24,27). The van der Waals surface area contributed by atoms with Crippen molar-refractivity contribution >= 4 is 17.5 Å². The molecule has 1 N–H and O–H groups in total. The van der Waals surface area contributed by atoms with E-state index in [1.54, 1.807) is 32.4 Å². The Morgan fingerprint density at radius 2 is 1.53 bits per heavy atom. The van der Waals surface area contributed by atoms with Crippen molar-refractivity contribution in [2.75, 3.05) is 46.3 Å². The number of ether oxygens (including phenoxy) is 2. The van der Waals surface area contributed by atoms with Gasteiger partial charge in [0.15, 0.2) is 11.5 Å². The van der Waals surface area contributed by atoms with Crippen LogP contribution >= 0.6 is 0 Å². The number of anilines is 1. The highest BCUT2D eigenvalue weighted by Crippen LogP contribution is 2.27. The fourth-order valence-electron chi connectivity index (χ4n) is 3.56. The summed E-state index contributed by atoms with van der Waals surface area (Å²) in [6.45, 7) is 1.23. The monoisotopic (exact) mass is 411 g/mol. The van der Waals surface area contributed by atoms with E-state index in [0.29, 0.717) is 35.7 Å². The van der Waals surface area contributed by atoms with Gasteiger partial charge >= 0.3 is 0 Å². The summed E-state index contributed by atoms with van der Waals surface area (Å²) in [5.41, 5.74) is 2.27. The van der Waals surface area contributed by atoms with Crippen LogP contribution in [0.5, 0.6) is 11.5 Å². The lowest BCUT2D eigenvalue weighted by molar-refractivity contribution is 0.0698. The molecule has 7 heteroatoms. The predicted octanol–water partition coefficient (Wildman–Crippen LogP) is 2.80. The zero-order valence-corrected chi connectivity index (χ0v) is 18.0. The Morgan fingerprint density at radius 3 is 2.10 bits per heavy atom. The summed E-state index contributed by atoms with van der Waals surface area (Å²) < 4.78 is 10.5. The summed E-state index contributed by atoms with van der Waals surface area (Å²) in [5, 5.41) is 3.06. The molecule has 0 atom stereocenters. The Labute approximate surface area is 177 Å². The van der Waals surface area contributed by atoms with E-state index in [-0.39, 0.29) is 17.9 Å². The summed E-state index contributed by atoms with van der Waals surface area (Å²) in [6, 6.07) is 12.8. The molecule has 1 heterocycles. The van der Waals surface area contributed by atoms with E-state index in [1.807, 2.05) is 48.2 Å². The van der Waals surface area contributed by atoms with Gasteiger partial charge in [0.1, 0.15) is 0 Å². The Kier molecular flexibility index (Phi) is 6.82. The summed E-state index contributed by atoms with van der Waals surface area (Å²) in [5.74, 6) is 0.982. The molecule has 1 aliphatic heterocycles. The van der Waals surface area contributed by atoms with Crippen LogP contribution in [0.2, 0.25) is 0 Å². The topological polar surface area (TPSA) is 71.1 Å². The molecular formula is C23H29N3O4. The quantitative estimate of drug-likeness (QED) is 0.792. The second-order valence-electron chi connectivity index (χ2n) is 7.55. The summed E-state index contributed by atoms with van der Waals surface area (Å²) in [4.78, 5) is 29.2. The first-order valence-corrected chi connectivity index (χ1v) is 10.0. The van der Waals surface area contributed by atoms with Crippen molar-refractivity contribution in [3.63, 3.8) is 0 Å². The lowest BCUT2D eigenvalue weighted by atomic mass is 10.0. The van der Waals surface area contributed by atoms with Crippen LogP contribution < -0.4 is 19.7 Å². The van der Waals surface area contributed by atoms with Crippen LogP contribution in [0.15, 0.2) is 42.5 Å². The fraction of sp³-hybridized carbons (Fsp3) is 0.391. The third-order valence-corrected chi connectivity index (χ3v) is 5.39. The van der Waals surface area contributed by atoms with Gasteiger partial charge in [0.2, 0.25) is 0 Å². The lowest BCUT2D eigenvalue weighted by Gasteiger charge is -2.32. The lowest BCUT2D eigenvalue weighted by Crippen LogP contribution is -2.46. The molecule has 1 aliphatic rings. The fourth-order valence-corrected chi connectivity index (χ4v) is 3.56. The van der Waals surface area contributed by atoms with E-state index in [1.165, 1.54) is 0 Å². The van der Waals surface area contributed by atoms with Crippen molar-refractivity contribution in [3.05, 3.63) is 53.6 Å². The minimum Gasteiger partial charge on any atom is -0.493 e. The first kappa shape index (κ1) is 21.5. The molecule has 0 spiro atoms. The molecule has 0 aromatic heterocycles. The Hall–Kier alpha value is -3.22. The number of benzene rings is 2. The van der Waals surface area contributed by atoms with Gasteiger partial charge in [-0.1, -0.05) is 0 Å². The maximum absolute atomic E-state index is 12.8. The molecule has 1 saturated heterocycles. The number of hydrogen-bond acceptors (Lipinski definition) is 5. The maximum atomic E-state index is 12.8. The van der Waals surface area contributed by atoms with E-state index in [0.717, 1.165) is 18.5 Å². The number of nitrogens with one attached hydrogen (secondary N) is 1. The van der Waals surface area contributed by atoms with E-state index in [4.69, 9.17) is 9.47 Å². The molecule has 0 bridgehead atoms. The molecule has 2 aromatic carbocycles. The van der Waals surface area contributed by atoms with Gasteiger partial charge in [-0.15, -0.1) is 0 Å². The van der Waals surface area contributed by atoms with Crippen molar-refractivity contribution in [3.8, 4) is 11.5 Å². The molecule has 2 amide bonds. The van der Waals surface area contributed by atoms with Crippen LogP contribution in [0.3, 0.4) is 0 Å². The van der Waals surface area contributed by atoms with Crippen LogP contribution in [-0.2, 0) is 0 Å². The Bertz CT molecular complexity index is 888. The van der Waals surface area contributed by atoms with Crippen molar-refractivity contribution in [1.82, 2.24) is 10.2 Å². The number of nitrogens with zero attached hydrogens (tertiary/aromatic N) is 2. The SMILES string of the molecule is COc1ccc(C(=O)NC2CCN(C(=O)c3ccc(N(C)C)cc3)CC2)cc1OC. The van der Waals surface area contributed by atoms with Gasteiger partial charge in [-0.2, -0.15) is 0 Å². The predicted molar refractivity (Wildman–Crippen MR) is 117 cm³/mol. The molecule has 0 radical (unpaired) electrons. The van der Waals surface area contributed by atoms with Crippen LogP contribution in [-0.4, -0.2) is 64.2 Å². The van der Waals surface area contributed by atoms with Crippen molar-refractivity contribution in [2.24, 2.45) is 0 Å².